The maximum atomic E-state index is 11.7. The first kappa shape index (κ1) is 16.2. The standard InChI is InChI=1S/C15H21NO4/c1-3-20-11-14(17)16-13(15(18)19-2)10-9-12-7-5-4-6-8-12/h4-8,13H,3,9-11H2,1-2H3,(H,16,17)/t13-/m1/s1. The zero-order valence-corrected chi connectivity index (χ0v) is 11.9. The molecule has 0 spiro atoms. The number of methoxy groups -OCH3 is 1. The van der Waals surface area contributed by atoms with E-state index in [1.165, 1.54) is 7.11 Å². The Bertz CT molecular complexity index is 419. The largest absolute Gasteiger partial charge is 0.467 e. The third-order valence-corrected chi connectivity index (χ3v) is 2.82. The van der Waals surface area contributed by atoms with Crippen molar-refractivity contribution < 1.29 is 19.1 Å². The molecule has 1 N–H and O–H groups in total. The molecular weight excluding hydrogens is 258 g/mol. The first-order chi connectivity index (χ1) is 9.67. The van der Waals surface area contributed by atoms with Gasteiger partial charge in [-0.25, -0.2) is 4.79 Å². The number of carbonyl (C=O) groups excluding carboxylic acids is 2. The summed E-state index contributed by atoms with van der Waals surface area (Å²) in [6.45, 7) is 2.22. The van der Waals surface area contributed by atoms with Gasteiger partial charge in [0.1, 0.15) is 12.6 Å². The van der Waals surface area contributed by atoms with Gasteiger partial charge in [-0.15, -0.1) is 0 Å². The first-order valence-corrected chi connectivity index (χ1v) is 6.66. The Kier molecular flexibility index (Phi) is 7.35. The van der Waals surface area contributed by atoms with Crippen molar-refractivity contribution in [3.63, 3.8) is 0 Å². The Balaban J connectivity index is 2.52. The normalized spacial score (nSPS) is 11.7. The van der Waals surface area contributed by atoms with Crippen LogP contribution in [-0.4, -0.2) is 38.2 Å². The molecule has 0 radical (unpaired) electrons. The Hall–Kier alpha value is -1.88. The van der Waals surface area contributed by atoms with Gasteiger partial charge in [0.15, 0.2) is 0 Å². The van der Waals surface area contributed by atoms with Crippen LogP contribution in [0.3, 0.4) is 0 Å². The molecule has 1 atom stereocenters. The third-order valence-electron chi connectivity index (χ3n) is 2.82. The van der Waals surface area contributed by atoms with Crippen LogP contribution in [0.2, 0.25) is 0 Å². The molecule has 0 aliphatic heterocycles. The van der Waals surface area contributed by atoms with Crippen LogP contribution in [0.5, 0.6) is 0 Å². The van der Waals surface area contributed by atoms with E-state index < -0.39 is 12.0 Å². The Labute approximate surface area is 119 Å². The van der Waals surface area contributed by atoms with Gasteiger partial charge in [0.05, 0.1) is 7.11 Å². The van der Waals surface area contributed by atoms with Crippen LogP contribution in [0, 0.1) is 0 Å². The molecule has 0 fully saturated rings. The lowest BCUT2D eigenvalue weighted by atomic mass is 10.1. The Morgan fingerprint density at radius 2 is 1.95 bits per heavy atom. The molecule has 0 bridgehead atoms. The van der Waals surface area contributed by atoms with Crippen LogP contribution >= 0.6 is 0 Å². The number of amides is 1. The molecule has 0 aromatic heterocycles. The molecule has 0 heterocycles. The highest BCUT2D eigenvalue weighted by Gasteiger charge is 2.21. The van der Waals surface area contributed by atoms with Gasteiger partial charge >= 0.3 is 5.97 Å². The molecule has 1 aromatic rings. The van der Waals surface area contributed by atoms with Crippen LogP contribution in [0.1, 0.15) is 18.9 Å². The Morgan fingerprint density at radius 3 is 2.55 bits per heavy atom. The highest BCUT2D eigenvalue weighted by atomic mass is 16.5. The predicted octanol–water partition coefficient (Wildman–Crippen LogP) is 1.31. The summed E-state index contributed by atoms with van der Waals surface area (Å²) in [7, 11) is 1.31. The molecule has 0 aliphatic carbocycles. The number of aryl methyl sites for hydroxylation is 1. The van der Waals surface area contributed by atoms with Crippen molar-refractivity contribution in [3.8, 4) is 0 Å². The van der Waals surface area contributed by atoms with E-state index in [2.05, 4.69) is 5.32 Å². The first-order valence-electron chi connectivity index (χ1n) is 6.66. The minimum atomic E-state index is -0.645. The van der Waals surface area contributed by atoms with Gasteiger partial charge in [-0.05, 0) is 25.3 Å². The second-order valence-electron chi connectivity index (χ2n) is 4.30. The van der Waals surface area contributed by atoms with Crippen LogP contribution in [0.4, 0.5) is 0 Å². The second-order valence-corrected chi connectivity index (χ2v) is 4.30. The van der Waals surface area contributed by atoms with E-state index in [9.17, 15) is 9.59 Å². The fraction of sp³-hybridized carbons (Fsp3) is 0.467. The van der Waals surface area contributed by atoms with Gasteiger partial charge < -0.3 is 14.8 Å². The maximum absolute atomic E-state index is 11.7. The molecular formula is C15H21NO4. The number of hydrogen-bond acceptors (Lipinski definition) is 4. The molecule has 1 rings (SSSR count). The smallest absolute Gasteiger partial charge is 0.328 e. The lowest BCUT2D eigenvalue weighted by Gasteiger charge is -2.16. The number of carbonyl (C=O) groups is 2. The topological polar surface area (TPSA) is 64.6 Å². The monoisotopic (exact) mass is 279 g/mol. The lowest BCUT2D eigenvalue weighted by Crippen LogP contribution is -2.43. The van der Waals surface area contributed by atoms with Crippen molar-refractivity contribution in [1.82, 2.24) is 5.32 Å². The van der Waals surface area contributed by atoms with Crippen LogP contribution in [-0.2, 0) is 25.5 Å². The zero-order valence-electron chi connectivity index (χ0n) is 11.9. The van der Waals surface area contributed by atoms with E-state index in [4.69, 9.17) is 9.47 Å². The number of hydrogen-bond donors (Lipinski definition) is 1. The maximum Gasteiger partial charge on any atom is 0.328 e. The molecule has 20 heavy (non-hydrogen) atoms. The van der Waals surface area contributed by atoms with Crippen LogP contribution < -0.4 is 5.32 Å². The second kappa shape index (κ2) is 9.09. The lowest BCUT2D eigenvalue weighted by molar-refractivity contribution is -0.145. The van der Waals surface area contributed by atoms with Gasteiger partial charge in [0.2, 0.25) is 5.91 Å². The Morgan fingerprint density at radius 1 is 1.25 bits per heavy atom. The summed E-state index contributed by atoms with van der Waals surface area (Å²) in [5, 5.41) is 2.63. The van der Waals surface area contributed by atoms with Crippen molar-refractivity contribution in [1.29, 1.82) is 0 Å². The van der Waals surface area contributed by atoms with Crippen molar-refractivity contribution in [2.45, 2.75) is 25.8 Å². The summed E-state index contributed by atoms with van der Waals surface area (Å²) in [4.78, 5) is 23.3. The minimum Gasteiger partial charge on any atom is -0.467 e. The summed E-state index contributed by atoms with van der Waals surface area (Å²) < 4.78 is 9.72. The minimum absolute atomic E-state index is 0.0463. The van der Waals surface area contributed by atoms with Gasteiger partial charge in [0.25, 0.3) is 0 Å². The number of ether oxygens (including phenoxy) is 2. The highest BCUT2D eigenvalue weighted by Crippen LogP contribution is 2.06. The van der Waals surface area contributed by atoms with Crippen LogP contribution in [0.25, 0.3) is 0 Å². The summed E-state index contributed by atoms with van der Waals surface area (Å²) in [6.07, 6.45) is 1.18. The molecule has 0 aliphatic rings. The van der Waals surface area contributed by atoms with Gasteiger partial charge in [-0.3, -0.25) is 4.79 Å². The molecule has 110 valence electrons. The van der Waals surface area contributed by atoms with Crippen LogP contribution in [0.15, 0.2) is 30.3 Å². The zero-order chi connectivity index (χ0) is 14.8. The highest BCUT2D eigenvalue weighted by molar-refractivity contribution is 5.85. The van der Waals surface area contributed by atoms with Crippen molar-refractivity contribution in [2.24, 2.45) is 0 Å². The molecule has 0 saturated heterocycles. The third kappa shape index (κ3) is 5.84. The van der Waals surface area contributed by atoms with Crippen molar-refractivity contribution in [2.75, 3.05) is 20.3 Å². The molecule has 1 aromatic carbocycles. The molecule has 5 nitrogen and oxygen atoms in total. The quantitative estimate of drug-likeness (QED) is 0.729. The fourth-order valence-electron chi connectivity index (χ4n) is 1.78. The number of rotatable bonds is 8. The van der Waals surface area contributed by atoms with Gasteiger partial charge in [0, 0.05) is 6.61 Å². The van der Waals surface area contributed by atoms with E-state index in [1.54, 1.807) is 6.92 Å². The molecule has 5 heteroatoms. The van der Waals surface area contributed by atoms with E-state index in [1.807, 2.05) is 30.3 Å². The predicted molar refractivity (Wildman–Crippen MR) is 75.2 cm³/mol. The summed E-state index contributed by atoms with van der Waals surface area (Å²) in [5.74, 6) is -0.749. The van der Waals surface area contributed by atoms with E-state index >= 15 is 0 Å². The van der Waals surface area contributed by atoms with E-state index in [-0.39, 0.29) is 12.5 Å². The molecule has 0 unspecified atom stereocenters. The SMILES string of the molecule is CCOCC(=O)N[C@H](CCc1ccccc1)C(=O)OC. The fourth-order valence-corrected chi connectivity index (χ4v) is 1.78. The van der Waals surface area contributed by atoms with Gasteiger partial charge in [-0.2, -0.15) is 0 Å². The average Bonchev–Trinajstić information content (AvgIpc) is 2.49. The number of benzene rings is 1. The number of nitrogens with one attached hydrogen (secondary N) is 1. The summed E-state index contributed by atoms with van der Waals surface area (Å²) in [6, 6.07) is 9.14. The summed E-state index contributed by atoms with van der Waals surface area (Å²) >= 11 is 0. The van der Waals surface area contributed by atoms with Crippen molar-refractivity contribution in [3.05, 3.63) is 35.9 Å². The molecule has 0 saturated carbocycles. The summed E-state index contributed by atoms with van der Waals surface area (Å²) in [5.41, 5.74) is 1.11. The number of esters is 1. The van der Waals surface area contributed by atoms with E-state index in [0.717, 1.165) is 5.56 Å². The van der Waals surface area contributed by atoms with Crippen molar-refractivity contribution >= 4 is 11.9 Å². The van der Waals surface area contributed by atoms with Gasteiger partial charge in [-0.1, -0.05) is 30.3 Å². The van der Waals surface area contributed by atoms with E-state index in [0.29, 0.717) is 19.4 Å². The molecule has 1 amide bonds. The average molecular weight is 279 g/mol.